The maximum absolute atomic E-state index is 11.8. The van der Waals surface area contributed by atoms with Crippen LogP contribution in [0, 0.1) is 5.92 Å². The van der Waals surface area contributed by atoms with Crippen molar-refractivity contribution in [3.63, 3.8) is 0 Å². The molecule has 2 nitrogen and oxygen atoms in total. The van der Waals surface area contributed by atoms with Gasteiger partial charge in [0, 0.05) is 12.0 Å². The van der Waals surface area contributed by atoms with Crippen molar-refractivity contribution >= 4 is 17.4 Å². The molecule has 1 rings (SSSR count). The molecule has 0 heterocycles. The standard InChI is InChI=1S/C14H19ClO2/c1-9(2)7-13(16)11-5-6-14(12(15)8-11)17-10(3)4/h5-6,8-10H,7H2,1-4H3. The Morgan fingerprint density at radius 1 is 1.29 bits per heavy atom. The zero-order valence-electron chi connectivity index (χ0n) is 10.8. The lowest BCUT2D eigenvalue weighted by Gasteiger charge is -2.12. The van der Waals surface area contributed by atoms with E-state index in [-0.39, 0.29) is 11.9 Å². The summed E-state index contributed by atoms with van der Waals surface area (Å²) in [5.74, 6) is 1.11. The van der Waals surface area contributed by atoms with E-state index in [0.717, 1.165) is 0 Å². The summed E-state index contributed by atoms with van der Waals surface area (Å²) in [6.07, 6.45) is 0.616. The maximum atomic E-state index is 11.8. The molecule has 0 N–H and O–H groups in total. The first-order valence-electron chi connectivity index (χ1n) is 5.89. The van der Waals surface area contributed by atoms with Crippen LogP contribution in [0.1, 0.15) is 44.5 Å². The predicted octanol–water partition coefficient (Wildman–Crippen LogP) is 4.36. The average molecular weight is 255 g/mol. The molecule has 0 aliphatic heterocycles. The first-order valence-corrected chi connectivity index (χ1v) is 6.27. The van der Waals surface area contributed by atoms with Crippen molar-refractivity contribution < 1.29 is 9.53 Å². The molecule has 17 heavy (non-hydrogen) atoms. The molecule has 0 spiro atoms. The molecule has 0 unspecified atom stereocenters. The second-order valence-electron chi connectivity index (χ2n) is 4.83. The van der Waals surface area contributed by atoms with Crippen molar-refractivity contribution in [2.24, 2.45) is 5.92 Å². The van der Waals surface area contributed by atoms with Gasteiger partial charge in [0.25, 0.3) is 0 Å². The normalized spacial score (nSPS) is 11.0. The topological polar surface area (TPSA) is 26.3 Å². The van der Waals surface area contributed by atoms with Crippen molar-refractivity contribution in [1.82, 2.24) is 0 Å². The largest absolute Gasteiger partial charge is 0.489 e. The monoisotopic (exact) mass is 254 g/mol. The molecule has 3 heteroatoms. The number of ketones is 1. The van der Waals surface area contributed by atoms with Crippen LogP contribution in [0.15, 0.2) is 18.2 Å². The Morgan fingerprint density at radius 2 is 1.94 bits per heavy atom. The van der Waals surface area contributed by atoms with Crippen LogP contribution >= 0.6 is 11.6 Å². The second-order valence-corrected chi connectivity index (χ2v) is 5.24. The SMILES string of the molecule is CC(C)CC(=O)c1ccc(OC(C)C)c(Cl)c1. The molecule has 0 saturated carbocycles. The number of rotatable bonds is 5. The third-order valence-corrected chi connectivity index (χ3v) is 2.51. The lowest BCUT2D eigenvalue weighted by molar-refractivity contribution is 0.0968. The van der Waals surface area contributed by atoms with Crippen LogP contribution in [-0.2, 0) is 0 Å². The minimum Gasteiger partial charge on any atom is -0.489 e. The molecule has 0 amide bonds. The number of Topliss-reactive ketones (excluding diaryl/α,β-unsaturated/α-hetero) is 1. The van der Waals surface area contributed by atoms with Crippen LogP contribution in [0.5, 0.6) is 5.75 Å². The molecule has 0 bridgehead atoms. The summed E-state index contributed by atoms with van der Waals surface area (Å²) in [6.45, 7) is 7.92. The van der Waals surface area contributed by atoms with Gasteiger partial charge in [-0.15, -0.1) is 0 Å². The summed E-state index contributed by atoms with van der Waals surface area (Å²) in [5.41, 5.74) is 0.653. The molecule has 0 atom stereocenters. The lowest BCUT2D eigenvalue weighted by atomic mass is 10.0. The number of carbonyl (C=O) groups is 1. The van der Waals surface area contributed by atoms with Gasteiger partial charge >= 0.3 is 0 Å². The van der Waals surface area contributed by atoms with E-state index in [0.29, 0.717) is 28.7 Å². The molecule has 0 saturated heterocycles. The van der Waals surface area contributed by atoms with Crippen LogP contribution in [0.25, 0.3) is 0 Å². The third-order valence-electron chi connectivity index (χ3n) is 2.21. The average Bonchev–Trinajstić information content (AvgIpc) is 2.19. The van der Waals surface area contributed by atoms with Crippen LogP contribution in [-0.4, -0.2) is 11.9 Å². The minimum atomic E-state index is 0.0738. The van der Waals surface area contributed by atoms with Crippen molar-refractivity contribution in [3.8, 4) is 5.75 Å². The molecular weight excluding hydrogens is 236 g/mol. The Labute approximate surface area is 108 Å². The zero-order valence-corrected chi connectivity index (χ0v) is 11.5. The summed E-state index contributed by atoms with van der Waals surface area (Å²) >= 11 is 6.08. The summed E-state index contributed by atoms with van der Waals surface area (Å²) < 4.78 is 5.52. The number of carbonyl (C=O) groups excluding carboxylic acids is 1. The van der Waals surface area contributed by atoms with E-state index in [9.17, 15) is 4.79 Å². The molecule has 94 valence electrons. The van der Waals surface area contributed by atoms with E-state index in [1.165, 1.54) is 0 Å². The van der Waals surface area contributed by atoms with E-state index in [4.69, 9.17) is 16.3 Å². The molecule has 1 aromatic rings. The molecular formula is C14H19ClO2. The van der Waals surface area contributed by atoms with Crippen LogP contribution < -0.4 is 4.74 Å². The summed E-state index contributed by atoms with van der Waals surface area (Å²) in [5, 5.41) is 0.494. The zero-order chi connectivity index (χ0) is 13.0. The number of ether oxygens (including phenoxy) is 1. The highest BCUT2D eigenvalue weighted by Gasteiger charge is 2.11. The number of hydrogen-bond donors (Lipinski definition) is 0. The van der Waals surface area contributed by atoms with Crippen molar-refractivity contribution in [2.75, 3.05) is 0 Å². The Balaban J connectivity index is 2.85. The van der Waals surface area contributed by atoms with E-state index in [1.54, 1.807) is 18.2 Å². The molecule has 0 aliphatic rings. The van der Waals surface area contributed by atoms with E-state index in [1.807, 2.05) is 27.7 Å². The van der Waals surface area contributed by atoms with Gasteiger partial charge in [0.15, 0.2) is 5.78 Å². The van der Waals surface area contributed by atoms with Gasteiger partial charge in [-0.3, -0.25) is 4.79 Å². The van der Waals surface area contributed by atoms with Gasteiger partial charge in [-0.1, -0.05) is 25.4 Å². The fraction of sp³-hybridized carbons (Fsp3) is 0.500. The minimum absolute atomic E-state index is 0.0738. The van der Waals surface area contributed by atoms with Crippen molar-refractivity contribution in [2.45, 2.75) is 40.2 Å². The molecule has 0 aromatic heterocycles. The maximum Gasteiger partial charge on any atom is 0.163 e. The predicted molar refractivity (Wildman–Crippen MR) is 71.0 cm³/mol. The third kappa shape index (κ3) is 4.39. The molecule has 0 aliphatic carbocycles. The van der Waals surface area contributed by atoms with E-state index in [2.05, 4.69) is 0 Å². The van der Waals surface area contributed by atoms with Gasteiger partial charge in [-0.25, -0.2) is 0 Å². The van der Waals surface area contributed by atoms with Crippen LogP contribution in [0.4, 0.5) is 0 Å². The summed E-state index contributed by atoms with van der Waals surface area (Å²) in [4.78, 5) is 11.8. The smallest absolute Gasteiger partial charge is 0.163 e. The van der Waals surface area contributed by atoms with Gasteiger partial charge in [0.1, 0.15) is 5.75 Å². The van der Waals surface area contributed by atoms with Gasteiger partial charge < -0.3 is 4.74 Å². The lowest BCUT2D eigenvalue weighted by Crippen LogP contribution is -2.07. The van der Waals surface area contributed by atoms with Crippen molar-refractivity contribution in [1.29, 1.82) is 0 Å². The molecule has 1 aromatic carbocycles. The molecule has 0 fully saturated rings. The fourth-order valence-electron chi connectivity index (χ4n) is 1.51. The number of halogens is 1. The van der Waals surface area contributed by atoms with Crippen molar-refractivity contribution in [3.05, 3.63) is 28.8 Å². The molecule has 0 radical (unpaired) electrons. The summed E-state index contributed by atoms with van der Waals surface area (Å²) in [7, 11) is 0. The van der Waals surface area contributed by atoms with E-state index < -0.39 is 0 Å². The highest BCUT2D eigenvalue weighted by atomic mass is 35.5. The van der Waals surface area contributed by atoms with Crippen LogP contribution in [0.2, 0.25) is 5.02 Å². The quantitative estimate of drug-likeness (QED) is 0.730. The Hall–Kier alpha value is -1.02. The van der Waals surface area contributed by atoms with Crippen LogP contribution in [0.3, 0.4) is 0 Å². The highest BCUT2D eigenvalue weighted by Crippen LogP contribution is 2.27. The Morgan fingerprint density at radius 3 is 2.41 bits per heavy atom. The van der Waals surface area contributed by atoms with Gasteiger partial charge in [0.2, 0.25) is 0 Å². The van der Waals surface area contributed by atoms with Gasteiger partial charge in [0.05, 0.1) is 11.1 Å². The Bertz CT molecular complexity index is 397. The number of benzene rings is 1. The highest BCUT2D eigenvalue weighted by molar-refractivity contribution is 6.32. The number of hydrogen-bond acceptors (Lipinski definition) is 2. The van der Waals surface area contributed by atoms with Gasteiger partial charge in [-0.2, -0.15) is 0 Å². The van der Waals surface area contributed by atoms with Gasteiger partial charge in [-0.05, 0) is 38.0 Å². The Kier molecular flexibility index (Phi) is 5.01. The first kappa shape index (κ1) is 14.0. The summed E-state index contributed by atoms with van der Waals surface area (Å²) in [6, 6.07) is 5.22. The second kappa shape index (κ2) is 6.06. The fourth-order valence-corrected chi connectivity index (χ4v) is 1.74. The first-order chi connectivity index (χ1) is 7.90. The van der Waals surface area contributed by atoms with E-state index >= 15 is 0 Å².